The number of carbonyl (C=O) groups excluding carboxylic acids is 1. The van der Waals surface area contributed by atoms with E-state index in [1.54, 1.807) is 0 Å². The van der Waals surface area contributed by atoms with Crippen molar-refractivity contribution in [3.05, 3.63) is 29.3 Å². The van der Waals surface area contributed by atoms with Gasteiger partial charge in [-0.1, -0.05) is 19.1 Å². The first-order chi connectivity index (χ1) is 7.54. The second-order valence-electron chi connectivity index (χ2n) is 4.27. The number of amides is 1. The third kappa shape index (κ3) is 3.35. The number of benzene rings is 1. The lowest BCUT2D eigenvalue weighted by Gasteiger charge is -2.13. The Morgan fingerprint density at radius 1 is 1.38 bits per heavy atom. The van der Waals surface area contributed by atoms with E-state index < -0.39 is 0 Å². The van der Waals surface area contributed by atoms with Crippen molar-refractivity contribution < 1.29 is 4.79 Å². The van der Waals surface area contributed by atoms with Gasteiger partial charge in [-0.2, -0.15) is 0 Å². The fraction of sp³-hybridized carbons (Fsp3) is 0.462. The molecule has 3 nitrogen and oxygen atoms in total. The molecule has 1 rings (SSSR count). The Balaban J connectivity index is 2.72. The predicted octanol–water partition coefficient (Wildman–Crippen LogP) is 2.10. The average Bonchev–Trinajstić information content (AvgIpc) is 2.23. The summed E-state index contributed by atoms with van der Waals surface area (Å²) in [5.41, 5.74) is 3.16. The Morgan fingerprint density at radius 2 is 2.06 bits per heavy atom. The van der Waals surface area contributed by atoms with Gasteiger partial charge in [0.25, 0.3) is 0 Å². The van der Waals surface area contributed by atoms with Gasteiger partial charge in [0.1, 0.15) is 0 Å². The van der Waals surface area contributed by atoms with Crippen LogP contribution in [0.2, 0.25) is 0 Å². The minimum absolute atomic E-state index is 0.0232. The monoisotopic (exact) mass is 220 g/mol. The molecule has 1 aromatic rings. The van der Waals surface area contributed by atoms with E-state index in [-0.39, 0.29) is 11.8 Å². The van der Waals surface area contributed by atoms with Crippen LogP contribution < -0.4 is 10.6 Å². The lowest BCUT2D eigenvalue weighted by Crippen LogP contribution is -2.28. The second kappa shape index (κ2) is 5.66. The summed E-state index contributed by atoms with van der Waals surface area (Å²) < 4.78 is 0. The third-order valence-electron chi connectivity index (χ3n) is 2.61. The zero-order valence-electron chi connectivity index (χ0n) is 10.4. The smallest absolute Gasteiger partial charge is 0.228 e. The van der Waals surface area contributed by atoms with Gasteiger partial charge >= 0.3 is 0 Å². The van der Waals surface area contributed by atoms with Crippen LogP contribution >= 0.6 is 0 Å². The molecular formula is C13H20N2O. The molecule has 0 aliphatic carbocycles. The number of carbonyl (C=O) groups is 1. The first-order valence-corrected chi connectivity index (χ1v) is 5.57. The van der Waals surface area contributed by atoms with E-state index in [0.717, 1.165) is 16.8 Å². The highest BCUT2D eigenvalue weighted by molar-refractivity contribution is 5.93. The van der Waals surface area contributed by atoms with Crippen LogP contribution in [-0.4, -0.2) is 19.5 Å². The topological polar surface area (TPSA) is 41.1 Å². The molecular weight excluding hydrogens is 200 g/mol. The van der Waals surface area contributed by atoms with E-state index in [2.05, 4.69) is 10.6 Å². The number of anilines is 1. The van der Waals surface area contributed by atoms with Crippen molar-refractivity contribution in [3.63, 3.8) is 0 Å². The van der Waals surface area contributed by atoms with Crippen LogP contribution in [0.1, 0.15) is 18.1 Å². The van der Waals surface area contributed by atoms with Gasteiger partial charge in [0.2, 0.25) is 5.91 Å². The highest BCUT2D eigenvalue weighted by Gasteiger charge is 2.12. The zero-order chi connectivity index (χ0) is 12.1. The van der Waals surface area contributed by atoms with Crippen molar-refractivity contribution in [1.29, 1.82) is 0 Å². The van der Waals surface area contributed by atoms with Gasteiger partial charge in [0.05, 0.1) is 0 Å². The number of rotatable bonds is 4. The summed E-state index contributed by atoms with van der Waals surface area (Å²) in [5, 5.41) is 5.96. The molecule has 1 atom stereocenters. The van der Waals surface area contributed by atoms with Gasteiger partial charge in [-0.25, -0.2) is 0 Å². The maximum atomic E-state index is 11.8. The molecule has 0 bridgehead atoms. The summed E-state index contributed by atoms with van der Waals surface area (Å²) >= 11 is 0. The molecule has 16 heavy (non-hydrogen) atoms. The Morgan fingerprint density at radius 3 is 2.69 bits per heavy atom. The molecule has 1 aromatic carbocycles. The maximum Gasteiger partial charge on any atom is 0.228 e. The lowest BCUT2D eigenvalue weighted by atomic mass is 10.1. The normalized spacial score (nSPS) is 12.2. The van der Waals surface area contributed by atoms with Crippen molar-refractivity contribution in [2.45, 2.75) is 20.8 Å². The predicted molar refractivity (Wildman–Crippen MR) is 67.6 cm³/mol. The van der Waals surface area contributed by atoms with Crippen molar-refractivity contribution in [1.82, 2.24) is 5.32 Å². The summed E-state index contributed by atoms with van der Waals surface area (Å²) in [7, 11) is 1.85. The van der Waals surface area contributed by atoms with E-state index in [4.69, 9.17) is 0 Å². The first-order valence-electron chi connectivity index (χ1n) is 5.57. The van der Waals surface area contributed by atoms with E-state index in [9.17, 15) is 4.79 Å². The van der Waals surface area contributed by atoms with Crippen molar-refractivity contribution in [3.8, 4) is 0 Å². The fourth-order valence-electron chi connectivity index (χ4n) is 1.53. The highest BCUT2D eigenvalue weighted by atomic mass is 16.1. The molecule has 0 aliphatic heterocycles. The molecule has 88 valence electrons. The summed E-state index contributed by atoms with van der Waals surface area (Å²) in [6, 6.07) is 6.06. The molecule has 0 radical (unpaired) electrons. The summed E-state index contributed by atoms with van der Waals surface area (Å²) in [6.45, 7) is 6.62. The molecule has 0 aliphatic rings. The van der Waals surface area contributed by atoms with Crippen molar-refractivity contribution in [2.75, 3.05) is 18.9 Å². The molecule has 3 heteroatoms. The number of aryl methyl sites for hydroxylation is 2. The molecule has 0 saturated heterocycles. The third-order valence-corrected chi connectivity index (χ3v) is 2.61. The Labute approximate surface area is 97.2 Å². The number of hydrogen-bond donors (Lipinski definition) is 2. The molecule has 1 unspecified atom stereocenters. The average molecular weight is 220 g/mol. The van der Waals surface area contributed by atoms with E-state index in [1.165, 1.54) is 0 Å². The molecule has 0 saturated carbocycles. The highest BCUT2D eigenvalue weighted by Crippen LogP contribution is 2.17. The Kier molecular flexibility index (Phi) is 4.50. The van der Waals surface area contributed by atoms with E-state index >= 15 is 0 Å². The Hall–Kier alpha value is -1.35. The zero-order valence-corrected chi connectivity index (χ0v) is 10.4. The van der Waals surface area contributed by atoms with Gasteiger partial charge in [-0.05, 0) is 38.1 Å². The lowest BCUT2D eigenvalue weighted by molar-refractivity contribution is -0.119. The van der Waals surface area contributed by atoms with Gasteiger partial charge in [0, 0.05) is 18.2 Å². The van der Waals surface area contributed by atoms with E-state index in [1.807, 2.05) is 46.0 Å². The minimum Gasteiger partial charge on any atom is -0.326 e. The molecule has 2 N–H and O–H groups in total. The standard InChI is InChI=1S/C13H20N2O/c1-9-5-6-10(2)12(7-9)15-13(16)11(3)8-14-4/h5-7,11,14H,8H2,1-4H3,(H,15,16). The molecule has 1 amide bonds. The van der Waals surface area contributed by atoms with Crippen LogP contribution in [-0.2, 0) is 4.79 Å². The van der Waals surface area contributed by atoms with Crippen LogP contribution in [0.25, 0.3) is 0 Å². The maximum absolute atomic E-state index is 11.8. The number of hydrogen-bond acceptors (Lipinski definition) is 2. The SMILES string of the molecule is CNCC(C)C(=O)Nc1cc(C)ccc1C. The van der Waals surface area contributed by atoms with Crippen molar-refractivity contribution >= 4 is 11.6 Å². The van der Waals surface area contributed by atoms with E-state index in [0.29, 0.717) is 6.54 Å². The van der Waals surface area contributed by atoms with Gasteiger partial charge < -0.3 is 10.6 Å². The summed E-state index contributed by atoms with van der Waals surface area (Å²) in [5.74, 6) is 0.0352. The van der Waals surface area contributed by atoms with Gasteiger partial charge in [-0.15, -0.1) is 0 Å². The first kappa shape index (κ1) is 12.7. The fourth-order valence-corrected chi connectivity index (χ4v) is 1.53. The van der Waals surface area contributed by atoms with Crippen molar-refractivity contribution in [2.24, 2.45) is 5.92 Å². The summed E-state index contributed by atoms with van der Waals surface area (Å²) in [4.78, 5) is 11.8. The molecule has 0 heterocycles. The van der Waals surface area contributed by atoms with Crippen LogP contribution in [0.4, 0.5) is 5.69 Å². The molecule has 0 fully saturated rings. The van der Waals surface area contributed by atoms with Crippen LogP contribution in [0.3, 0.4) is 0 Å². The van der Waals surface area contributed by atoms with Gasteiger partial charge in [-0.3, -0.25) is 4.79 Å². The van der Waals surface area contributed by atoms with Crippen LogP contribution in [0.5, 0.6) is 0 Å². The largest absolute Gasteiger partial charge is 0.326 e. The van der Waals surface area contributed by atoms with Gasteiger partial charge in [0.15, 0.2) is 0 Å². The molecule has 0 aromatic heterocycles. The summed E-state index contributed by atoms with van der Waals surface area (Å²) in [6.07, 6.45) is 0. The Bertz CT molecular complexity index is 374. The molecule has 0 spiro atoms. The quantitative estimate of drug-likeness (QED) is 0.816. The number of nitrogens with one attached hydrogen (secondary N) is 2. The van der Waals surface area contributed by atoms with Crippen LogP contribution in [0.15, 0.2) is 18.2 Å². The minimum atomic E-state index is -0.0232. The second-order valence-corrected chi connectivity index (χ2v) is 4.27. The van der Waals surface area contributed by atoms with Crippen LogP contribution in [0, 0.1) is 19.8 Å².